The Hall–Kier alpha value is -1.98. The molecule has 11 heteroatoms. The highest BCUT2D eigenvalue weighted by Gasteiger charge is 2.34. The Labute approximate surface area is 155 Å². The van der Waals surface area contributed by atoms with Crippen molar-refractivity contribution >= 4 is 32.5 Å². The zero-order chi connectivity index (χ0) is 19.1. The molecule has 3 heterocycles. The third-order valence-corrected chi connectivity index (χ3v) is 6.99. The minimum absolute atomic E-state index is 0.0141. The maximum Gasteiger partial charge on any atom is 0.321 e. The van der Waals surface area contributed by atoms with Crippen LogP contribution in [0.3, 0.4) is 0 Å². The average Bonchev–Trinajstić information content (AvgIpc) is 3.08. The van der Waals surface area contributed by atoms with Gasteiger partial charge in [-0.05, 0) is 27.7 Å². The highest BCUT2D eigenvalue weighted by Crippen LogP contribution is 2.32. The van der Waals surface area contributed by atoms with E-state index in [1.165, 1.54) is 15.6 Å². The molecule has 0 unspecified atom stereocenters. The fraction of sp³-hybridized carbons (Fsp3) is 0.533. The van der Waals surface area contributed by atoms with Crippen LogP contribution >= 0.6 is 11.3 Å². The van der Waals surface area contributed by atoms with E-state index in [0.717, 1.165) is 10.6 Å². The molecule has 1 aliphatic heterocycles. The summed E-state index contributed by atoms with van der Waals surface area (Å²) in [5, 5.41) is 9.62. The first-order chi connectivity index (χ1) is 12.2. The summed E-state index contributed by atoms with van der Waals surface area (Å²) in [7, 11) is -3.70. The molecule has 0 radical (unpaired) electrons. The number of urea groups is 1. The standard InChI is InChI=1S/C15H21N5O4S2/c1-8(2)16-14(21)18-15-17-11-5-6-20(7-12(11)25-15)26(22,23)13-9(3)19-24-10(13)4/h8H,5-7H2,1-4H3,(H2,16,17,18,21). The van der Waals surface area contributed by atoms with Crippen LogP contribution in [0.5, 0.6) is 0 Å². The van der Waals surface area contributed by atoms with Crippen molar-refractivity contribution in [2.24, 2.45) is 0 Å². The third kappa shape index (κ3) is 3.60. The van der Waals surface area contributed by atoms with Crippen molar-refractivity contribution in [1.82, 2.24) is 19.8 Å². The van der Waals surface area contributed by atoms with Gasteiger partial charge in [-0.1, -0.05) is 16.5 Å². The Morgan fingerprint density at radius 1 is 1.35 bits per heavy atom. The molecule has 26 heavy (non-hydrogen) atoms. The molecular weight excluding hydrogens is 378 g/mol. The van der Waals surface area contributed by atoms with Crippen molar-refractivity contribution in [3.05, 3.63) is 22.0 Å². The number of hydrogen-bond acceptors (Lipinski definition) is 7. The minimum Gasteiger partial charge on any atom is -0.360 e. The van der Waals surface area contributed by atoms with Gasteiger partial charge in [-0.2, -0.15) is 4.31 Å². The molecule has 9 nitrogen and oxygen atoms in total. The lowest BCUT2D eigenvalue weighted by Crippen LogP contribution is -2.36. The van der Waals surface area contributed by atoms with E-state index in [2.05, 4.69) is 20.8 Å². The lowest BCUT2D eigenvalue weighted by Gasteiger charge is -2.25. The number of aromatic nitrogens is 2. The molecule has 0 fully saturated rings. The van der Waals surface area contributed by atoms with Gasteiger partial charge in [0.25, 0.3) is 0 Å². The predicted octanol–water partition coefficient (Wildman–Crippen LogP) is 2.02. The number of anilines is 1. The molecule has 0 atom stereocenters. The fourth-order valence-corrected chi connectivity index (χ4v) is 5.60. The van der Waals surface area contributed by atoms with Crippen LogP contribution in [-0.2, 0) is 23.0 Å². The molecule has 0 spiro atoms. The fourth-order valence-electron chi connectivity index (χ4n) is 2.80. The Morgan fingerprint density at radius 2 is 2.08 bits per heavy atom. The van der Waals surface area contributed by atoms with Crippen LogP contribution in [0.25, 0.3) is 0 Å². The van der Waals surface area contributed by atoms with Gasteiger partial charge in [-0.15, -0.1) is 0 Å². The number of rotatable bonds is 4. The number of carbonyl (C=O) groups excluding carboxylic acids is 1. The Balaban J connectivity index is 1.79. The predicted molar refractivity (Wildman–Crippen MR) is 96.7 cm³/mol. The number of amides is 2. The number of hydrogen-bond donors (Lipinski definition) is 2. The molecule has 0 bridgehead atoms. The van der Waals surface area contributed by atoms with Crippen LogP contribution in [0, 0.1) is 13.8 Å². The van der Waals surface area contributed by atoms with Gasteiger partial charge in [0.2, 0.25) is 10.0 Å². The van der Waals surface area contributed by atoms with Gasteiger partial charge in [0, 0.05) is 23.9 Å². The molecule has 0 saturated heterocycles. The molecule has 0 aliphatic carbocycles. The van der Waals surface area contributed by atoms with Crippen molar-refractivity contribution in [2.45, 2.75) is 51.6 Å². The summed E-state index contributed by atoms with van der Waals surface area (Å²) < 4.78 is 32.3. The smallest absolute Gasteiger partial charge is 0.321 e. The van der Waals surface area contributed by atoms with Gasteiger partial charge < -0.3 is 9.84 Å². The Bertz CT molecular complexity index is 912. The zero-order valence-corrected chi connectivity index (χ0v) is 16.6. The third-order valence-electron chi connectivity index (χ3n) is 3.90. The van der Waals surface area contributed by atoms with Crippen molar-refractivity contribution < 1.29 is 17.7 Å². The second-order valence-electron chi connectivity index (χ2n) is 6.38. The number of fused-ring (bicyclic) bond motifs is 1. The number of nitrogens with zero attached hydrogens (tertiary/aromatic N) is 3. The summed E-state index contributed by atoms with van der Waals surface area (Å²) in [6, 6.07) is -0.313. The summed E-state index contributed by atoms with van der Waals surface area (Å²) in [5.41, 5.74) is 1.17. The topological polar surface area (TPSA) is 117 Å². The molecular formula is C15H21N5O4S2. The number of aryl methyl sites for hydroxylation is 2. The van der Waals surface area contributed by atoms with Crippen molar-refractivity contribution in [2.75, 3.05) is 11.9 Å². The Kier molecular flexibility index (Phi) is 5.04. The van der Waals surface area contributed by atoms with E-state index < -0.39 is 10.0 Å². The van der Waals surface area contributed by atoms with E-state index in [1.807, 2.05) is 13.8 Å². The number of nitrogens with one attached hydrogen (secondary N) is 2. The maximum absolute atomic E-state index is 12.9. The first-order valence-corrected chi connectivity index (χ1v) is 10.4. The van der Waals surface area contributed by atoms with Gasteiger partial charge in [0.15, 0.2) is 10.9 Å². The highest BCUT2D eigenvalue weighted by atomic mass is 32.2. The Morgan fingerprint density at radius 3 is 2.69 bits per heavy atom. The summed E-state index contributed by atoms with van der Waals surface area (Å²) in [6.45, 7) is 7.46. The van der Waals surface area contributed by atoms with Crippen LogP contribution in [-0.4, -0.2) is 41.5 Å². The van der Waals surface area contributed by atoms with Crippen molar-refractivity contribution in [3.63, 3.8) is 0 Å². The van der Waals surface area contributed by atoms with Gasteiger partial charge in [-0.25, -0.2) is 18.2 Å². The molecule has 2 N–H and O–H groups in total. The SMILES string of the molecule is Cc1noc(C)c1S(=O)(=O)N1CCc2nc(NC(=O)NC(C)C)sc2C1. The molecule has 2 aromatic rings. The monoisotopic (exact) mass is 399 g/mol. The summed E-state index contributed by atoms with van der Waals surface area (Å²) in [5.74, 6) is 0.283. The van der Waals surface area contributed by atoms with Crippen molar-refractivity contribution in [3.8, 4) is 0 Å². The normalized spacial score (nSPS) is 15.1. The number of thiazole rings is 1. The first kappa shape index (κ1) is 18.8. The quantitative estimate of drug-likeness (QED) is 0.812. The van der Waals surface area contributed by atoms with E-state index in [1.54, 1.807) is 13.8 Å². The molecule has 2 amide bonds. The van der Waals surface area contributed by atoms with E-state index in [9.17, 15) is 13.2 Å². The van der Waals surface area contributed by atoms with Gasteiger partial charge >= 0.3 is 6.03 Å². The maximum atomic E-state index is 12.9. The van der Waals surface area contributed by atoms with Crippen LogP contribution < -0.4 is 10.6 Å². The average molecular weight is 399 g/mol. The molecule has 3 rings (SSSR count). The van der Waals surface area contributed by atoms with E-state index in [0.29, 0.717) is 23.8 Å². The van der Waals surface area contributed by atoms with Gasteiger partial charge in [0.05, 0.1) is 12.2 Å². The number of sulfonamides is 1. The molecule has 1 aliphatic rings. The zero-order valence-electron chi connectivity index (χ0n) is 15.0. The molecule has 142 valence electrons. The summed E-state index contributed by atoms with van der Waals surface area (Å²) in [4.78, 5) is 17.2. The van der Waals surface area contributed by atoms with Gasteiger partial charge in [-0.3, -0.25) is 5.32 Å². The van der Waals surface area contributed by atoms with Crippen LogP contribution in [0.4, 0.5) is 9.93 Å². The van der Waals surface area contributed by atoms with Crippen LogP contribution in [0.1, 0.15) is 35.9 Å². The second kappa shape index (κ2) is 6.97. The highest BCUT2D eigenvalue weighted by molar-refractivity contribution is 7.89. The van der Waals surface area contributed by atoms with Crippen molar-refractivity contribution in [1.29, 1.82) is 0 Å². The molecule has 0 saturated carbocycles. The number of carbonyl (C=O) groups is 1. The lowest BCUT2D eigenvalue weighted by atomic mass is 10.2. The molecule has 0 aromatic carbocycles. The van der Waals surface area contributed by atoms with E-state index in [4.69, 9.17) is 4.52 Å². The van der Waals surface area contributed by atoms with E-state index in [-0.39, 0.29) is 29.3 Å². The first-order valence-electron chi connectivity index (χ1n) is 8.17. The summed E-state index contributed by atoms with van der Waals surface area (Å²) in [6.07, 6.45) is 0.488. The summed E-state index contributed by atoms with van der Waals surface area (Å²) >= 11 is 1.29. The van der Waals surface area contributed by atoms with Crippen LogP contribution in [0.2, 0.25) is 0 Å². The second-order valence-corrected chi connectivity index (χ2v) is 9.34. The van der Waals surface area contributed by atoms with Gasteiger partial charge in [0.1, 0.15) is 10.6 Å². The lowest BCUT2D eigenvalue weighted by molar-refractivity contribution is 0.250. The van der Waals surface area contributed by atoms with Crippen LogP contribution in [0.15, 0.2) is 9.42 Å². The molecule has 2 aromatic heterocycles. The minimum atomic E-state index is -3.70. The van der Waals surface area contributed by atoms with E-state index >= 15 is 0 Å². The largest absolute Gasteiger partial charge is 0.360 e.